The molecule has 0 aliphatic heterocycles. The minimum Gasteiger partial charge on any atom is -0.306 e. The molecule has 0 bridgehead atoms. The van der Waals surface area contributed by atoms with E-state index in [-0.39, 0.29) is 6.17 Å². The summed E-state index contributed by atoms with van der Waals surface area (Å²) < 4.78 is 0. The Hall–Kier alpha value is -1.42. The third-order valence-corrected chi connectivity index (χ3v) is 1.41. The molecule has 0 saturated carbocycles. The molecule has 12 heavy (non-hydrogen) atoms. The van der Waals surface area contributed by atoms with Crippen molar-refractivity contribution < 1.29 is 14.5 Å². The lowest BCUT2D eigenvalue weighted by atomic mass is 10.4. The van der Waals surface area contributed by atoms with Crippen LogP contribution in [0.2, 0.25) is 0 Å². The number of carbonyl (C=O) groups is 2. The van der Waals surface area contributed by atoms with Crippen molar-refractivity contribution in [3.63, 3.8) is 0 Å². The summed E-state index contributed by atoms with van der Waals surface area (Å²) in [5.41, 5.74) is 0. The van der Waals surface area contributed by atoms with Gasteiger partial charge in [-0.15, -0.1) is 0 Å². The Morgan fingerprint density at radius 2 is 2.08 bits per heavy atom. The Morgan fingerprint density at radius 1 is 1.42 bits per heavy atom. The summed E-state index contributed by atoms with van der Waals surface area (Å²) in [7, 11) is 0. The Labute approximate surface area is 71.5 Å². The first-order valence-corrected chi connectivity index (χ1v) is 3.54. The molecule has 0 rings (SSSR count). The second kappa shape index (κ2) is 6.30. The van der Waals surface area contributed by atoms with Crippen LogP contribution in [0.15, 0.2) is 25.3 Å². The Bertz CT molecular complexity index is 160. The average Bonchev–Trinajstić information content (AvgIpc) is 2.11. The summed E-state index contributed by atoms with van der Waals surface area (Å²) in [4.78, 5) is 21.1. The van der Waals surface area contributed by atoms with Crippen molar-refractivity contribution in [2.45, 2.75) is 6.17 Å². The van der Waals surface area contributed by atoms with Gasteiger partial charge in [0.1, 0.15) is 6.54 Å². The van der Waals surface area contributed by atoms with Gasteiger partial charge in [0, 0.05) is 0 Å². The molecule has 0 heterocycles. The monoisotopic (exact) mass is 169 g/mol. The van der Waals surface area contributed by atoms with E-state index < -0.39 is 0 Å². The summed E-state index contributed by atoms with van der Waals surface area (Å²) in [6, 6.07) is 0. The molecule has 66 valence electrons. The number of amides is 2. The molecule has 2 N–H and O–H groups in total. The van der Waals surface area contributed by atoms with Crippen LogP contribution in [0.5, 0.6) is 0 Å². The number of hydrogen-bond acceptors (Lipinski definition) is 2. The molecule has 0 aromatic carbocycles. The molecular weight excluding hydrogens is 156 g/mol. The zero-order chi connectivity index (χ0) is 9.40. The van der Waals surface area contributed by atoms with E-state index in [1.54, 1.807) is 6.08 Å². The molecular formula is C8H13N2O2+. The Kier molecular flexibility index (Phi) is 5.55. The zero-order valence-electron chi connectivity index (χ0n) is 6.82. The van der Waals surface area contributed by atoms with E-state index in [4.69, 9.17) is 0 Å². The van der Waals surface area contributed by atoms with Crippen molar-refractivity contribution in [2.75, 3.05) is 6.54 Å². The Morgan fingerprint density at radius 3 is 2.42 bits per heavy atom. The van der Waals surface area contributed by atoms with Crippen LogP contribution < -0.4 is 10.2 Å². The van der Waals surface area contributed by atoms with Gasteiger partial charge in [-0.25, -0.2) is 9.69 Å². The predicted octanol–water partition coefficient (Wildman–Crippen LogP) is -1.53. The minimum absolute atomic E-state index is 0.377. The molecule has 4 nitrogen and oxygen atoms in total. The number of nitrogens with one attached hydrogen (secondary N) is 2. The maximum Gasteiger partial charge on any atom is 0.302 e. The number of carbonyl (C=O) groups excluding carboxylic acids is 2. The summed E-state index contributed by atoms with van der Waals surface area (Å²) in [5, 5.41) is 2.45. The summed E-state index contributed by atoms with van der Waals surface area (Å²) >= 11 is 0. The molecule has 0 aliphatic rings. The van der Waals surface area contributed by atoms with Crippen LogP contribution >= 0.6 is 0 Å². The van der Waals surface area contributed by atoms with Crippen LogP contribution in [0.1, 0.15) is 0 Å². The fraction of sp³-hybridized carbons (Fsp3) is 0.250. The van der Waals surface area contributed by atoms with Gasteiger partial charge in [-0.05, 0) is 12.2 Å². The smallest absolute Gasteiger partial charge is 0.302 e. The highest BCUT2D eigenvalue weighted by molar-refractivity contribution is 5.47. The van der Waals surface area contributed by atoms with Crippen molar-refractivity contribution in [1.82, 2.24) is 5.32 Å². The van der Waals surface area contributed by atoms with Crippen LogP contribution in [0, 0.1) is 0 Å². The van der Waals surface area contributed by atoms with Crippen LogP contribution in [-0.2, 0) is 9.59 Å². The molecule has 2 atom stereocenters. The average molecular weight is 169 g/mol. The molecule has 0 fully saturated rings. The van der Waals surface area contributed by atoms with Crippen LogP contribution in [0.3, 0.4) is 0 Å². The van der Waals surface area contributed by atoms with E-state index in [1.165, 1.54) is 6.08 Å². The number of rotatable bonds is 7. The van der Waals surface area contributed by atoms with Crippen LogP contribution in [0.25, 0.3) is 0 Å². The van der Waals surface area contributed by atoms with Crippen molar-refractivity contribution in [1.29, 1.82) is 0 Å². The lowest BCUT2D eigenvalue weighted by Gasteiger charge is -2.17. The number of hydrogen-bond donors (Lipinski definition) is 2. The first-order valence-electron chi connectivity index (χ1n) is 3.54. The third kappa shape index (κ3) is 3.12. The highest BCUT2D eigenvalue weighted by Crippen LogP contribution is 1.68. The zero-order valence-corrected chi connectivity index (χ0v) is 6.82. The van der Waals surface area contributed by atoms with Crippen molar-refractivity contribution in [3.05, 3.63) is 25.3 Å². The summed E-state index contributed by atoms with van der Waals surface area (Å²) in [6.07, 6.45) is 3.98. The number of quaternary nitrogens is 1. The van der Waals surface area contributed by atoms with Gasteiger partial charge in [0.05, 0.1) is 0 Å². The fourth-order valence-electron chi connectivity index (χ4n) is 0.815. The van der Waals surface area contributed by atoms with E-state index in [0.717, 1.165) is 0 Å². The van der Waals surface area contributed by atoms with Gasteiger partial charge in [-0.1, -0.05) is 13.2 Å². The molecule has 0 spiro atoms. The molecule has 0 saturated heterocycles. The van der Waals surface area contributed by atoms with Gasteiger partial charge in [0.25, 0.3) is 0 Å². The molecule has 0 aromatic heterocycles. The van der Waals surface area contributed by atoms with Crippen molar-refractivity contribution in [2.24, 2.45) is 0 Å². The maximum absolute atomic E-state index is 10.5. The lowest BCUT2D eigenvalue weighted by molar-refractivity contribution is -0.827. The second-order valence-electron chi connectivity index (χ2n) is 2.18. The van der Waals surface area contributed by atoms with Gasteiger partial charge < -0.3 is 5.32 Å². The van der Waals surface area contributed by atoms with Gasteiger partial charge in [0.15, 0.2) is 6.17 Å². The molecule has 0 radical (unpaired) electrons. The fourth-order valence-corrected chi connectivity index (χ4v) is 0.815. The molecule has 4 heteroatoms. The van der Waals surface area contributed by atoms with Gasteiger partial charge >= 0.3 is 6.41 Å². The van der Waals surface area contributed by atoms with E-state index in [9.17, 15) is 9.59 Å². The Balaban J connectivity index is 4.19. The molecule has 0 aromatic rings. The van der Waals surface area contributed by atoms with Crippen molar-refractivity contribution in [3.8, 4) is 0 Å². The van der Waals surface area contributed by atoms with Gasteiger partial charge in [-0.3, -0.25) is 4.79 Å². The predicted molar refractivity (Wildman–Crippen MR) is 45.3 cm³/mol. The normalized spacial score (nSPS) is 14.0. The first kappa shape index (κ1) is 10.6. The quantitative estimate of drug-likeness (QED) is 0.276. The van der Waals surface area contributed by atoms with Gasteiger partial charge in [0.2, 0.25) is 6.41 Å². The van der Waals surface area contributed by atoms with E-state index in [1.807, 2.05) is 0 Å². The van der Waals surface area contributed by atoms with Crippen LogP contribution in [-0.4, -0.2) is 25.5 Å². The maximum atomic E-state index is 10.5. The van der Waals surface area contributed by atoms with E-state index >= 15 is 0 Å². The van der Waals surface area contributed by atoms with Crippen molar-refractivity contribution >= 4 is 12.8 Å². The summed E-state index contributed by atoms with van der Waals surface area (Å²) in [6.45, 7) is 7.45. The van der Waals surface area contributed by atoms with E-state index in [0.29, 0.717) is 24.3 Å². The highest BCUT2D eigenvalue weighted by atomic mass is 16.1. The van der Waals surface area contributed by atoms with E-state index in [2.05, 4.69) is 18.5 Å². The molecule has 2 unspecified atom stereocenters. The third-order valence-electron chi connectivity index (χ3n) is 1.41. The lowest BCUT2D eigenvalue weighted by Crippen LogP contribution is -3.16. The first-order chi connectivity index (χ1) is 5.79. The van der Waals surface area contributed by atoms with Crippen LogP contribution in [0.4, 0.5) is 0 Å². The highest BCUT2D eigenvalue weighted by Gasteiger charge is 2.14. The standard InChI is InChI=1S/C8H12N2O2/c1-3-5-10(7-12)8(4-2)9-6-11/h3-4,6-8H,1-2,5H2,(H,9,11)/p+1. The summed E-state index contributed by atoms with van der Waals surface area (Å²) in [5.74, 6) is 0. The molecule has 2 amide bonds. The largest absolute Gasteiger partial charge is 0.306 e. The van der Waals surface area contributed by atoms with Gasteiger partial charge in [-0.2, -0.15) is 0 Å². The minimum atomic E-state index is -0.377. The second-order valence-corrected chi connectivity index (χ2v) is 2.18. The SMILES string of the molecule is C=CC[NH+](C=O)C(C=C)NC=O. The molecule has 0 aliphatic carbocycles. The topological polar surface area (TPSA) is 50.6 Å².